The zero-order chi connectivity index (χ0) is 19.7. The molecule has 6 atom stereocenters. The van der Waals surface area contributed by atoms with Crippen LogP contribution in [-0.4, -0.2) is 47.8 Å². The third-order valence-electron chi connectivity index (χ3n) is 4.81. The van der Waals surface area contributed by atoms with Gasteiger partial charge in [-0.25, -0.2) is 0 Å². The summed E-state index contributed by atoms with van der Waals surface area (Å²) in [4.78, 5) is 0. The van der Waals surface area contributed by atoms with Gasteiger partial charge in [0.2, 0.25) is 0 Å². The maximum Gasteiger partial charge on any atom is 0.184 e. The van der Waals surface area contributed by atoms with Crippen molar-refractivity contribution in [2.75, 3.05) is 13.2 Å². The first kappa shape index (κ1) is 20.1. The Morgan fingerprint density at radius 3 is 1.89 bits per heavy atom. The molecule has 0 spiro atoms. The lowest BCUT2D eigenvalue weighted by Crippen LogP contribution is -2.49. The first-order valence-corrected chi connectivity index (χ1v) is 9.68. The summed E-state index contributed by atoms with van der Waals surface area (Å²) in [5, 5.41) is 21.7. The predicted octanol–water partition coefficient (Wildman–Crippen LogP) is 3.24. The van der Waals surface area contributed by atoms with E-state index < -0.39 is 37.0 Å². The van der Waals surface area contributed by atoms with Gasteiger partial charge in [0.25, 0.3) is 0 Å². The first-order chi connectivity index (χ1) is 13.5. The molecular weight excluding hydrogens is 407 g/mol. The highest BCUT2D eigenvalue weighted by Gasteiger charge is 2.47. The number of aliphatic hydroxyl groups is 2. The van der Waals surface area contributed by atoms with Crippen molar-refractivity contribution in [1.29, 1.82) is 0 Å². The third-order valence-corrected chi connectivity index (χ3v) is 5.32. The monoisotopic (exact) mass is 426 g/mol. The quantitative estimate of drug-likeness (QED) is 0.784. The van der Waals surface area contributed by atoms with Crippen molar-refractivity contribution in [2.24, 2.45) is 0 Å². The lowest BCUT2D eigenvalue weighted by atomic mass is 10.0. The van der Waals surface area contributed by atoms with Crippen LogP contribution < -0.4 is 0 Å². The fourth-order valence-corrected chi connectivity index (χ4v) is 3.61. The minimum Gasteiger partial charge on any atom is -0.394 e. The van der Waals surface area contributed by atoms with Crippen molar-refractivity contribution in [3.8, 4) is 0 Å². The van der Waals surface area contributed by atoms with Crippen molar-refractivity contribution in [3.63, 3.8) is 0 Å². The largest absolute Gasteiger partial charge is 0.394 e. The van der Waals surface area contributed by atoms with E-state index in [9.17, 15) is 10.2 Å². The van der Waals surface area contributed by atoms with Crippen LogP contribution in [0.25, 0.3) is 0 Å². The minimum atomic E-state index is -0.949. The minimum absolute atomic E-state index is 0.0106. The van der Waals surface area contributed by atoms with E-state index in [0.717, 1.165) is 11.1 Å². The topological polar surface area (TPSA) is 77.4 Å². The van der Waals surface area contributed by atoms with Crippen LogP contribution in [0.4, 0.5) is 0 Å². The molecule has 2 N–H and O–H groups in total. The number of hydrogen-bond donors (Lipinski definition) is 2. The number of rotatable bonds is 3. The molecule has 0 amide bonds. The van der Waals surface area contributed by atoms with E-state index in [0.29, 0.717) is 10.0 Å². The van der Waals surface area contributed by atoms with E-state index in [-0.39, 0.29) is 13.2 Å². The van der Waals surface area contributed by atoms with Crippen LogP contribution in [0.3, 0.4) is 0 Å². The van der Waals surface area contributed by atoms with E-state index in [2.05, 4.69) is 0 Å². The first-order valence-electron chi connectivity index (χ1n) is 8.93. The third kappa shape index (κ3) is 4.20. The molecule has 2 fully saturated rings. The maximum atomic E-state index is 10.6. The molecule has 0 bridgehead atoms. The second-order valence-electron chi connectivity index (χ2n) is 6.73. The zero-order valence-corrected chi connectivity index (χ0v) is 16.3. The SMILES string of the molecule is OC[C@H]1OC(c2ccc(Cl)cc2)OC[C@H](O)[C@H]2OC(c3ccc(Cl)cc3)O[C@@H]21. The highest BCUT2D eigenvalue weighted by molar-refractivity contribution is 6.30. The van der Waals surface area contributed by atoms with Crippen molar-refractivity contribution < 1.29 is 29.2 Å². The van der Waals surface area contributed by atoms with Crippen LogP contribution >= 0.6 is 23.2 Å². The highest BCUT2D eigenvalue weighted by atomic mass is 35.5. The van der Waals surface area contributed by atoms with Crippen LogP contribution in [0.15, 0.2) is 48.5 Å². The Labute approximate surface area is 172 Å². The van der Waals surface area contributed by atoms with Gasteiger partial charge in [-0.05, 0) is 24.3 Å². The van der Waals surface area contributed by atoms with Crippen LogP contribution in [0.2, 0.25) is 10.0 Å². The molecular formula is C20H20Cl2O6. The van der Waals surface area contributed by atoms with Crippen LogP contribution in [0, 0.1) is 0 Å². The lowest BCUT2D eigenvalue weighted by molar-refractivity contribution is -0.239. The molecule has 2 aliphatic heterocycles. The van der Waals surface area contributed by atoms with Crippen molar-refractivity contribution in [1.82, 2.24) is 0 Å². The fraction of sp³-hybridized carbons (Fsp3) is 0.400. The average Bonchev–Trinajstić information content (AvgIpc) is 3.13. The Hall–Kier alpha value is -1.22. The number of aliphatic hydroxyl groups excluding tert-OH is 2. The number of halogens is 2. The van der Waals surface area contributed by atoms with Gasteiger partial charge < -0.3 is 29.2 Å². The molecule has 2 saturated heterocycles. The summed E-state index contributed by atoms with van der Waals surface area (Å²) in [5.41, 5.74) is 1.48. The van der Waals surface area contributed by atoms with E-state index in [1.54, 1.807) is 48.5 Å². The molecule has 2 aromatic carbocycles. The summed E-state index contributed by atoms with van der Waals surface area (Å²) in [6.07, 6.45) is -4.55. The maximum absolute atomic E-state index is 10.6. The van der Waals surface area contributed by atoms with Crippen molar-refractivity contribution in [2.45, 2.75) is 37.0 Å². The van der Waals surface area contributed by atoms with Gasteiger partial charge in [0.15, 0.2) is 12.6 Å². The molecule has 0 radical (unpaired) electrons. The predicted molar refractivity (Wildman–Crippen MR) is 102 cm³/mol. The van der Waals surface area contributed by atoms with Gasteiger partial charge in [-0.15, -0.1) is 0 Å². The number of benzene rings is 2. The summed E-state index contributed by atoms with van der Waals surface area (Å²) in [5.74, 6) is 0. The van der Waals surface area contributed by atoms with Gasteiger partial charge in [-0.2, -0.15) is 0 Å². The average molecular weight is 427 g/mol. The zero-order valence-electron chi connectivity index (χ0n) is 14.8. The summed E-state index contributed by atoms with van der Waals surface area (Å²) < 4.78 is 23.7. The molecule has 4 rings (SSSR count). The normalized spacial score (nSPS) is 33.1. The molecule has 0 aromatic heterocycles. The Balaban J connectivity index is 1.56. The molecule has 0 aliphatic carbocycles. The molecule has 2 aromatic rings. The Kier molecular flexibility index (Phi) is 6.20. The Morgan fingerprint density at radius 2 is 1.32 bits per heavy atom. The van der Waals surface area contributed by atoms with E-state index >= 15 is 0 Å². The number of ether oxygens (including phenoxy) is 4. The van der Waals surface area contributed by atoms with Crippen LogP contribution in [0.5, 0.6) is 0 Å². The molecule has 6 nitrogen and oxygen atoms in total. The van der Waals surface area contributed by atoms with Gasteiger partial charge in [-0.1, -0.05) is 47.5 Å². The molecule has 8 heteroatoms. The lowest BCUT2D eigenvalue weighted by Gasteiger charge is -2.34. The van der Waals surface area contributed by atoms with Gasteiger partial charge >= 0.3 is 0 Å². The van der Waals surface area contributed by atoms with E-state index in [4.69, 9.17) is 42.1 Å². The molecule has 0 saturated carbocycles. The van der Waals surface area contributed by atoms with Gasteiger partial charge in [0.05, 0.1) is 13.2 Å². The fourth-order valence-electron chi connectivity index (χ4n) is 3.36. The van der Waals surface area contributed by atoms with Gasteiger partial charge in [-0.3, -0.25) is 0 Å². The van der Waals surface area contributed by atoms with Gasteiger partial charge in [0.1, 0.15) is 24.4 Å². The molecule has 150 valence electrons. The van der Waals surface area contributed by atoms with Crippen LogP contribution in [0.1, 0.15) is 23.7 Å². The van der Waals surface area contributed by atoms with Crippen molar-refractivity contribution >= 4 is 23.2 Å². The Bertz CT molecular complexity index is 784. The second kappa shape index (κ2) is 8.65. The summed E-state index contributed by atoms with van der Waals surface area (Å²) in [7, 11) is 0. The van der Waals surface area contributed by atoms with Crippen LogP contribution in [-0.2, 0) is 18.9 Å². The summed E-state index contributed by atoms with van der Waals surface area (Å²) in [6, 6.07) is 14.0. The van der Waals surface area contributed by atoms with E-state index in [1.807, 2.05) is 0 Å². The van der Waals surface area contributed by atoms with E-state index in [1.165, 1.54) is 0 Å². The Morgan fingerprint density at radius 1 is 0.786 bits per heavy atom. The summed E-state index contributed by atoms with van der Waals surface area (Å²) >= 11 is 11.9. The number of fused-ring (bicyclic) bond motifs is 1. The smallest absolute Gasteiger partial charge is 0.184 e. The standard InChI is InChI=1S/C20H20Cl2O6/c21-13-5-1-11(2-6-13)19-25-10-15(24)17-18(16(9-23)26-19)28-20(27-17)12-3-7-14(22)8-4-12/h1-8,15-20,23-24H,9-10H2/t15-,16+,17+,18+,19?,20?/m0/s1. The molecule has 2 heterocycles. The summed E-state index contributed by atoms with van der Waals surface area (Å²) in [6.45, 7) is -0.332. The van der Waals surface area contributed by atoms with Crippen molar-refractivity contribution in [3.05, 3.63) is 69.7 Å². The molecule has 2 aliphatic rings. The number of hydrogen-bond acceptors (Lipinski definition) is 6. The second-order valence-corrected chi connectivity index (χ2v) is 7.60. The van der Waals surface area contributed by atoms with Gasteiger partial charge in [0, 0.05) is 21.2 Å². The molecule has 28 heavy (non-hydrogen) atoms. The highest BCUT2D eigenvalue weighted by Crippen LogP contribution is 2.38. The molecule has 2 unspecified atom stereocenters.